The van der Waals surface area contributed by atoms with Crippen molar-refractivity contribution in [1.29, 1.82) is 0 Å². The van der Waals surface area contributed by atoms with Crippen LogP contribution in [-0.2, 0) is 26.2 Å². The number of nitrogens with zero attached hydrogens (tertiary/aromatic N) is 2. The average molecular weight is 507 g/mol. The van der Waals surface area contributed by atoms with Gasteiger partial charge in [-0.2, -0.15) is 0 Å². The van der Waals surface area contributed by atoms with Gasteiger partial charge < -0.3 is 10.6 Å². The molecule has 4 aromatic rings. The maximum atomic E-state index is 3.72. The third-order valence-corrected chi connectivity index (χ3v) is 6.73. The molecular formula is C34H42N4. The fraction of sp³-hybridized carbons (Fsp3) is 0.294. The Kier molecular flexibility index (Phi) is 12.1. The lowest BCUT2D eigenvalue weighted by Gasteiger charge is -2.25. The zero-order valence-corrected chi connectivity index (χ0v) is 22.5. The van der Waals surface area contributed by atoms with Gasteiger partial charge in [0.1, 0.15) is 0 Å². The van der Waals surface area contributed by atoms with Gasteiger partial charge in [-0.15, -0.1) is 0 Å². The van der Waals surface area contributed by atoms with Gasteiger partial charge in [-0.05, 0) is 22.3 Å². The molecule has 0 bridgehead atoms. The molecule has 0 aliphatic rings. The van der Waals surface area contributed by atoms with E-state index in [4.69, 9.17) is 0 Å². The Balaban J connectivity index is 1.23. The lowest BCUT2D eigenvalue weighted by atomic mass is 10.1. The predicted octanol–water partition coefficient (Wildman–Crippen LogP) is 5.57. The summed E-state index contributed by atoms with van der Waals surface area (Å²) in [5.74, 6) is 0. The van der Waals surface area contributed by atoms with Crippen LogP contribution in [0, 0.1) is 0 Å². The highest BCUT2D eigenvalue weighted by Crippen LogP contribution is 2.10. The minimum atomic E-state index is 0.914. The molecule has 0 spiro atoms. The molecular weight excluding hydrogens is 464 g/mol. The molecule has 38 heavy (non-hydrogen) atoms. The molecule has 0 heterocycles. The second-order valence-corrected chi connectivity index (χ2v) is 9.86. The second kappa shape index (κ2) is 16.5. The Morgan fingerprint density at radius 2 is 0.711 bits per heavy atom. The smallest absolute Gasteiger partial charge is 0.0237 e. The van der Waals surface area contributed by atoms with E-state index >= 15 is 0 Å². The zero-order valence-electron chi connectivity index (χ0n) is 22.5. The first-order valence-electron chi connectivity index (χ1n) is 13.9. The first-order chi connectivity index (χ1) is 18.8. The third-order valence-electron chi connectivity index (χ3n) is 6.73. The molecule has 0 aliphatic carbocycles. The van der Waals surface area contributed by atoms with Crippen molar-refractivity contribution >= 4 is 0 Å². The van der Waals surface area contributed by atoms with E-state index in [1.54, 1.807) is 0 Å². The molecule has 198 valence electrons. The molecule has 4 nitrogen and oxygen atoms in total. The summed E-state index contributed by atoms with van der Waals surface area (Å²) in [4.78, 5) is 5.08. The average Bonchev–Trinajstić information content (AvgIpc) is 2.97. The van der Waals surface area contributed by atoms with Gasteiger partial charge in [0, 0.05) is 65.4 Å². The monoisotopic (exact) mass is 506 g/mol. The van der Waals surface area contributed by atoms with Crippen molar-refractivity contribution in [3.05, 3.63) is 144 Å². The molecule has 0 aromatic heterocycles. The minimum absolute atomic E-state index is 0.914. The first kappa shape index (κ1) is 27.7. The van der Waals surface area contributed by atoms with E-state index < -0.39 is 0 Å². The van der Waals surface area contributed by atoms with Crippen molar-refractivity contribution in [2.75, 3.05) is 39.3 Å². The molecule has 0 aliphatic heterocycles. The van der Waals surface area contributed by atoms with Gasteiger partial charge in [-0.1, -0.05) is 121 Å². The van der Waals surface area contributed by atoms with Crippen LogP contribution in [0.4, 0.5) is 0 Å². The number of nitrogens with one attached hydrogen (secondary N) is 2. The third kappa shape index (κ3) is 10.6. The summed E-state index contributed by atoms with van der Waals surface area (Å²) in [5.41, 5.74) is 5.42. The van der Waals surface area contributed by atoms with Gasteiger partial charge in [-0.25, -0.2) is 0 Å². The van der Waals surface area contributed by atoms with Crippen LogP contribution in [0.5, 0.6) is 0 Å². The number of hydrogen-bond donors (Lipinski definition) is 2. The molecule has 0 fully saturated rings. The fourth-order valence-corrected chi connectivity index (χ4v) is 4.67. The first-order valence-corrected chi connectivity index (χ1v) is 13.9. The molecule has 4 rings (SSSR count). The van der Waals surface area contributed by atoms with Crippen LogP contribution in [0.2, 0.25) is 0 Å². The standard InChI is InChI=1S/C34H42N4/c1-5-13-31(14-6-1)27-36-23-25-37(28-32-15-7-2-8-16-32)24-21-35-22-26-38(29-33-17-9-3-10-18-33)30-34-19-11-4-12-20-34/h1-20,35-36H,21-30H2. The molecule has 0 unspecified atom stereocenters. The Bertz CT molecular complexity index is 1080. The molecule has 0 atom stereocenters. The van der Waals surface area contributed by atoms with Crippen LogP contribution in [-0.4, -0.2) is 49.1 Å². The Morgan fingerprint density at radius 3 is 1.16 bits per heavy atom. The zero-order chi connectivity index (χ0) is 26.1. The molecule has 4 aromatic carbocycles. The summed E-state index contributed by atoms with van der Waals surface area (Å²) in [6.07, 6.45) is 0. The Labute approximate surface area is 229 Å². The van der Waals surface area contributed by atoms with Crippen molar-refractivity contribution in [3.8, 4) is 0 Å². The van der Waals surface area contributed by atoms with E-state index in [9.17, 15) is 0 Å². The van der Waals surface area contributed by atoms with Gasteiger partial charge in [0.25, 0.3) is 0 Å². The summed E-state index contributed by atoms with van der Waals surface area (Å²) in [6, 6.07) is 43.0. The summed E-state index contributed by atoms with van der Waals surface area (Å²) in [6.45, 7) is 9.82. The van der Waals surface area contributed by atoms with Gasteiger partial charge in [0.15, 0.2) is 0 Å². The molecule has 0 saturated carbocycles. The molecule has 2 N–H and O–H groups in total. The quantitative estimate of drug-likeness (QED) is 0.183. The van der Waals surface area contributed by atoms with Crippen LogP contribution >= 0.6 is 0 Å². The minimum Gasteiger partial charge on any atom is -0.314 e. The molecule has 0 amide bonds. The van der Waals surface area contributed by atoms with Crippen molar-refractivity contribution < 1.29 is 0 Å². The van der Waals surface area contributed by atoms with Crippen molar-refractivity contribution in [1.82, 2.24) is 20.4 Å². The second-order valence-electron chi connectivity index (χ2n) is 9.86. The van der Waals surface area contributed by atoms with Gasteiger partial charge in [-0.3, -0.25) is 9.80 Å². The largest absolute Gasteiger partial charge is 0.314 e. The highest BCUT2D eigenvalue weighted by atomic mass is 15.2. The maximum Gasteiger partial charge on any atom is 0.0237 e. The van der Waals surface area contributed by atoms with Crippen LogP contribution in [0.1, 0.15) is 22.3 Å². The van der Waals surface area contributed by atoms with Crippen molar-refractivity contribution in [2.24, 2.45) is 0 Å². The van der Waals surface area contributed by atoms with Gasteiger partial charge in [0.2, 0.25) is 0 Å². The number of benzene rings is 4. The summed E-state index contributed by atoms with van der Waals surface area (Å²) in [5, 5.41) is 7.33. The topological polar surface area (TPSA) is 30.5 Å². The highest BCUT2D eigenvalue weighted by molar-refractivity contribution is 5.17. The molecule has 0 radical (unpaired) electrons. The summed E-state index contributed by atoms with van der Waals surface area (Å²) >= 11 is 0. The van der Waals surface area contributed by atoms with E-state index in [0.29, 0.717) is 0 Å². The van der Waals surface area contributed by atoms with Crippen LogP contribution in [0.15, 0.2) is 121 Å². The van der Waals surface area contributed by atoms with Gasteiger partial charge >= 0.3 is 0 Å². The molecule has 0 saturated heterocycles. The van der Waals surface area contributed by atoms with E-state index in [1.807, 2.05) is 0 Å². The number of rotatable bonds is 17. The van der Waals surface area contributed by atoms with Crippen molar-refractivity contribution in [3.63, 3.8) is 0 Å². The van der Waals surface area contributed by atoms with E-state index in [-0.39, 0.29) is 0 Å². The SMILES string of the molecule is c1ccc(CNCCN(CCNCCN(Cc2ccccc2)Cc2ccccc2)Cc2ccccc2)cc1. The van der Waals surface area contributed by atoms with Crippen LogP contribution in [0.3, 0.4) is 0 Å². The normalized spacial score (nSPS) is 11.3. The number of hydrogen-bond acceptors (Lipinski definition) is 4. The summed E-state index contributed by atoms with van der Waals surface area (Å²) < 4.78 is 0. The van der Waals surface area contributed by atoms with E-state index in [2.05, 4.69) is 142 Å². The maximum absolute atomic E-state index is 3.72. The Morgan fingerprint density at radius 1 is 0.368 bits per heavy atom. The van der Waals surface area contributed by atoms with E-state index in [0.717, 1.165) is 65.4 Å². The lowest BCUT2D eigenvalue weighted by molar-refractivity contribution is 0.243. The van der Waals surface area contributed by atoms with Gasteiger partial charge in [0.05, 0.1) is 0 Å². The van der Waals surface area contributed by atoms with Crippen LogP contribution in [0.25, 0.3) is 0 Å². The lowest BCUT2D eigenvalue weighted by Crippen LogP contribution is -2.38. The highest BCUT2D eigenvalue weighted by Gasteiger charge is 2.09. The van der Waals surface area contributed by atoms with Crippen molar-refractivity contribution in [2.45, 2.75) is 26.2 Å². The Hall–Kier alpha value is -3.28. The summed E-state index contributed by atoms with van der Waals surface area (Å²) in [7, 11) is 0. The predicted molar refractivity (Wildman–Crippen MR) is 160 cm³/mol. The fourth-order valence-electron chi connectivity index (χ4n) is 4.67. The van der Waals surface area contributed by atoms with Crippen LogP contribution < -0.4 is 10.6 Å². The van der Waals surface area contributed by atoms with E-state index in [1.165, 1.54) is 22.3 Å². The molecule has 4 heteroatoms.